The van der Waals surface area contributed by atoms with E-state index in [-0.39, 0.29) is 0 Å². The fourth-order valence-corrected chi connectivity index (χ4v) is 1.86. The number of aryl methyl sites for hydroxylation is 1. The Hall–Kier alpha value is -2.76. The van der Waals surface area contributed by atoms with Crippen LogP contribution in [-0.2, 0) is 0 Å². The maximum absolute atomic E-state index is 5.00. The van der Waals surface area contributed by atoms with Gasteiger partial charge < -0.3 is 4.74 Å². The van der Waals surface area contributed by atoms with Gasteiger partial charge in [0.05, 0.1) is 19.0 Å². The Balaban J connectivity index is 2.02. The summed E-state index contributed by atoms with van der Waals surface area (Å²) in [6.07, 6.45) is 3.54. The molecule has 0 fully saturated rings. The lowest BCUT2D eigenvalue weighted by atomic mass is 10.2. The summed E-state index contributed by atoms with van der Waals surface area (Å²) in [6, 6.07) is 9.45. The summed E-state index contributed by atoms with van der Waals surface area (Å²) >= 11 is 0. The zero-order valence-corrected chi connectivity index (χ0v) is 11.2. The van der Waals surface area contributed by atoms with E-state index in [2.05, 4.69) is 20.3 Å². The lowest BCUT2D eigenvalue weighted by molar-refractivity contribution is 0.391. The van der Waals surface area contributed by atoms with Gasteiger partial charge in [-0.2, -0.15) is 5.10 Å². The first-order valence-corrected chi connectivity index (χ1v) is 6.13. The maximum atomic E-state index is 5.00. The molecule has 0 saturated carbocycles. The van der Waals surface area contributed by atoms with Crippen LogP contribution in [-0.4, -0.2) is 32.1 Å². The minimum atomic E-state index is 0.472. The molecule has 0 N–H and O–H groups in total. The van der Waals surface area contributed by atoms with Crippen LogP contribution in [0, 0.1) is 6.92 Å². The van der Waals surface area contributed by atoms with Crippen molar-refractivity contribution in [3.05, 3.63) is 48.4 Å². The molecule has 6 nitrogen and oxygen atoms in total. The predicted molar refractivity (Wildman–Crippen MR) is 73.7 cm³/mol. The van der Waals surface area contributed by atoms with Crippen LogP contribution >= 0.6 is 0 Å². The van der Waals surface area contributed by atoms with Gasteiger partial charge >= 0.3 is 0 Å². The van der Waals surface area contributed by atoms with Crippen LogP contribution in [0.4, 0.5) is 0 Å². The summed E-state index contributed by atoms with van der Waals surface area (Å²) < 4.78 is 6.72. The molecule has 0 aliphatic carbocycles. The van der Waals surface area contributed by atoms with Crippen molar-refractivity contribution in [2.45, 2.75) is 6.92 Å². The maximum Gasteiger partial charge on any atom is 0.233 e. The number of hydrogen-bond acceptors (Lipinski definition) is 5. The Morgan fingerprint density at radius 1 is 1.05 bits per heavy atom. The molecular weight excluding hydrogens is 254 g/mol. The first kappa shape index (κ1) is 12.3. The second kappa shape index (κ2) is 5.08. The second-order valence-corrected chi connectivity index (χ2v) is 4.25. The summed E-state index contributed by atoms with van der Waals surface area (Å²) in [6.45, 7) is 1.95. The number of hydrogen-bond donors (Lipinski definition) is 0. The molecule has 0 unspecified atom stereocenters. The normalized spacial score (nSPS) is 10.5. The van der Waals surface area contributed by atoms with Crippen molar-refractivity contribution < 1.29 is 4.74 Å². The van der Waals surface area contributed by atoms with Gasteiger partial charge in [0.15, 0.2) is 5.82 Å². The fourth-order valence-electron chi connectivity index (χ4n) is 1.86. The monoisotopic (exact) mass is 267 g/mol. The summed E-state index contributed by atoms with van der Waals surface area (Å²) in [5.41, 5.74) is 2.87. The van der Waals surface area contributed by atoms with Crippen LogP contribution in [0.1, 0.15) is 5.69 Å². The molecule has 3 heterocycles. The number of nitrogens with zero attached hydrogens (tertiary/aromatic N) is 5. The molecular formula is C14H13N5O. The van der Waals surface area contributed by atoms with Crippen molar-refractivity contribution in [2.24, 2.45) is 0 Å². The molecule has 20 heavy (non-hydrogen) atoms. The molecule has 3 aromatic rings. The average molecular weight is 267 g/mol. The summed E-state index contributed by atoms with van der Waals surface area (Å²) in [4.78, 5) is 4.30. The van der Waals surface area contributed by atoms with E-state index in [9.17, 15) is 0 Å². The summed E-state index contributed by atoms with van der Waals surface area (Å²) in [5.74, 6) is 1.10. The molecule has 100 valence electrons. The van der Waals surface area contributed by atoms with Crippen LogP contribution in [0.25, 0.3) is 17.1 Å². The van der Waals surface area contributed by atoms with Gasteiger partial charge in [-0.15, -0.1) is 10.2 Å². The molecule has 0 saturated heterocycles. The van der Waals surface area contributed by atoms with E-state index in [4.69, 9.17) is 4.74 Å². The van der Waals surface area contributed by atoms with Crippen molar-refractivity contribution in [1.82, 2.24) is 25.0 Å². The van der Waals surface area contributed by atoms with Crippen LogP contribution in [0.15, 0.2) is 42.7 Å². The third-order valence-corrected chi connectivity index (χ3v) is 2.90. The van der Waals surface area contributed by atoms with Gasteiger partial charge in [0.1, 0.15) is 0 Å². The number of pyridine rings is 1. The van der Waals surface area contributed by atoms with E-state index in [1.54, 1.807) is 24.1 Å². The van der Waals surface area contributed by atoms with Gasteiger partial charge in [-0.05, 0) is 31.2 Å². The largest absolute Gasteiger partial charge is 0.480 e. The van der Waals surface area contributed by atoms with Crippen LogP contribution < -0.4 is 4.74 Å². The van der Waals surface area contributed by atoms with Crippen molar-refractivity contribution in [2.75, 3.05) is 7.11 Å². The minimum Gasteiger partial charge on any atom is -0.480 e. The van der Waals surface area contributed by atoms with Crippen LogP contribution in [0.3, 0.4) is 0 Å². The first-order chi connectivity index (χ1) is 9.78. The van der Waals surface area contributed by atoms with Crippen LogP contribution in [0.5, 0.6) is 5.88 Å². The number of aromatic nitrogens is 5. The number of ether oxygens (including phenoxy) is 1. The van der Waals surface area contributed by atoms with Gasteiger partial charge in [-0.3, -0.25) is 4.98 Å². The highest BCUT2D eigenvalue weighted by atomic mass is 16.5. The molecule has 0 aliphatic rings. The Kier molecular flexibility index (Phi) is 3.12. The Labute approximate surface area is 116 Å². The average Bonchev–Trinajstić information content (AvgIpc) is 2.97. The molecule has 3 aromatic heterocycles. The van der Waals surface area contributed by atoms with Crippen molar-refractivity contribution in [3.8, 4) is 23.0 Å². The standard InChI is InChI=1S/C14H13N5O/c1-10-3-4-11(9-15-10)12-7-8-16-19(12)13-5-6-14(20-2)18-17-13/h3-9H,1-2H3. The van der Waals surface area contributed by atoms with Crippen LogP contribution in [0.2, 0.25) is 0 Å². The van der Waals surface area contributed by atoms with Gasteiger partial charge in [0, 0.05) is 23.5 Å². The number of rotatable bonds is 3. The predicted octanol–water partition coefficient (Wildman–Crippen LogP) is 2.04. The molecule has 3 rings (SSSR count). The third kappa shape index (κ3) is 2.23. The van der Waals surface area contributed by atoms with Gasteiger partial charge in [0.2, 0.25) is 5.88 Å². The number of methoxy groups -OCH3 is 1. The fraction of sp³-hybridized carbons (Fsp3) is 0.143. The molecule has 0 aliphatic heterocycles. The molecule has 0 bridgehead atoms. The van der Waals surface area contributed by atoms with Crippen molar-refractivity contribution in [3.63, 3.8) is 0 Å². The van der Waals surface area contributed by atoms with E-state index in [0.717, 1.165) is 17.0 Å². The Bertz CT molecular complexity index is 703. The molecule has 0 amide bonds. The van der Waals surface area contributed by atoms with Crippen molar-refractivity contribution in [1.29, 1.82) is 0 Å². The molecule has 0 aromatic carbocycles. The smallest absolute Gasteiger partial charge is 0.233 e. The zero-order valence-electron chi connectivity index (χ0n) is 11.2. The second-order valence-electron chi connectivity index (χ2n) is 4.25. The highest BCUT2D eigenvalue weighted by Crippen LogP contribution is 2.21. The van der Waals surface area contributed by atoms with Crippen molar-refractivity contribution >= 4 is 0 Å². The lowest BCUT2D eigenvalue weighted by Gasteiger charge is -2.06. The quantitative estimate of drug-likeness (QED) is 0.726. The first-order valence-electron chi connectivity index (χ1n) is 6.13. The van der Waals surface area contributed by atoms with E-state index >= 15 is 0 Å². The molecule has 0 atom stereocenters. The molecule has 6 heteroatoms. The Morgan fingerprint density at radius 3 is 2.60 bits per heavy atom. The molecule has 0 radical (unpaired) electrons. The van der Waals surface area contributed by atoms with Gasteiger partial charge in [-0.1, -0.05) is 0 Å². The lowest BCUT2D eigenvalue weighted by Crippen LogP contribution is -2.03. The van der Waals surface area contributed by atoms with Gasteiger partial charge in [-0.25, -0.2) is 4.68 Å². The summed E-state index contributed by atoms with van der Waals surface area (Å²) in [5, 5.41) is 12.3. The molecule has 0 spiro atoms. The SMILES string of the molecule is COc1ccc(-n2nccc2-c2ccc(C)nc2)nn1. The van der Waals surface area contributed by atoms with E-state index in [0.29, 0.717) is 11.7 Å². The highest BCUT2D eigenvalue weighted by molar-refractivity contribution is 5.60. The third-order valence-electron chi connectivity index (χ3n) is 2.90. The van der Waals surface area contributed by atoms with Gasteiger partial charge in [0.25, 0.3) is 0 Å². The highest BCUT2D eigenvalue weighted by Gasteiger charge is 2.09. The zero-order chi connectivity index (χ0) is 13.9. The van der Waals surface area contributed by atoms with E-state index < -0.39 is 0 Å². The van der Waals surface area contributed by atoms with E-state index in [1.165, 1.54) is 0 Å². The van der Waals surface area contributed by atoms with E-state index in [1.807, 2.05) is 37.4 Å². The minimum absolute atomic E-state index is 0.472. The Morgan fingerprint density at radius 2 is 1.95 bits per heavy atom. The summed E-state index contributed by atoms with van der Waals surface area (Å²) in [7, 11) is 1.56. The topological polar surface area (TPSA) is 65.7 Å².